The van der Waals surface area contributed by atoms with Crippen LogP contribution in [0.4, 0.5) is 5.69 Å². The summed E-state index contributed by atoms with van der Waals surface area (Å²) < 4.78 is 5.17. The minimum Gasteiger partial charge on any atom is -0.459 e. The fourth-order valence-electron chi connectivity index (χ4n) is 6.20. The van der Waals surface area contributed by atoms with Gasteiger partial charge in [0.15, 0.2) is 0 Å². The summed E-state index contributed by atoms with van der Waals surface area (Å²) in [5, 5.41) is 2.69. The van der Waals surface area contributed by atoms with Crippen LogP contribution in [0.1, 0.15) is 46.5 Å². The maximum atomic E-state index is 13.8. The maximum absolute atomic E-state index is 13.8. The van der Waals surface area contributed by atoms with Gasteiger partial charge in [-0.1, -0.05) is 48.5 Å². The van der Waals surface area contributed by atoms with E-state index in [0.717, 1.165) is 4.90 Å². The van der Waals surface area contributed by atoms with Gasteiger partial charge in [-0.05, 0) is 60.4 Å². The zero-order chi connectivity index (χ0) is 27.7. The summed E-state index contributed by atoms with van der Waals surface area (Å²) in [4.78, 5) is 51.1. The molecule has 0 unspecified atom stereocenters. The van der Waals surface area contributed by atoms with Gasteiger partial charge in [0.1, 0.15) is 16.3 Å². The van der Waals surface area contributed by atoms with Crippen molar-refractivity contribution in [3.05, 3.63) is 101 Å². The Bertz CT molecular complexity index is 1430. The molecule has 0 aromatic heterocycles. The molecule has 1 saturated heterocycles. The number of rotatable bonds is 5. The molecule has 0 spiro atoms. The van der Waals surface area contributed by atoms with Crippen LogP contribution in [-0.4, -0.2) is 41.2 Å². The van der Waals surface area contributed by atoms with Crippen LogP contribution in [0.2, 0.25) is 0 Å². The van der Waals surface area contributed by atoms with Crippen molar-refractivity contribution in [3.63, 3.8) is 0 Å². The molecule has 1 N–H and O–H groups in total. The van der Waals surface area contributed by atoms with Crippen molar-refractivity contribution in [1.82, 2.24) is 4.90 Å². The molecule has 2 bridgehead atoms. The number of amides is 3. The lowest BCUT2D eigenvalue weighted by molar-refractivity contribution is -0.142. The second kappa shape index (κ2) is 8.93. The minimum atomic E-state index is -1.30. The molecule has 1 fully saturated rings. The largest absolute Gasteiger partial charge is 0.459 e. The Morgan fingerprint density at radius 1 is 0.821 bits per heavy atom. The van der Waals surface area contributed by atoms with E-state index >= 15 is 0 Å². The van der Waals surface area contributed by atoms with Gasteiger partial charge in [-0.25, -0.2) is 4.79 Å². The summed E-state index contributed by atoms with van der Waals surface area (Å²) in [7, 11) is 0. The van der Waals surface area contributed by atoms with Crippen molar-refractivity contribution in [2.75, 3.05) is 11.9 Å². The number of esters is 1. The summed E-state index contributed by atoms with van der Waals surface area (Å²) in [6.07, 6.45) is -0.258. The van der Waals surface area contributed by atoms with E-state index in [1.807, 2.05) is 48.5 Å². The number of hydrogen-bond acceptors (Lipinski definition) is 5. The van der Waals surface area contributed by atoms with Crippen LogP contribution >= 0.6 is 23.2 Å². The molecule has 0 radical (unpaired) electrons. The normalized spacial score (nSPS) is 26.2. The van der Waals surface area contributed by atoms with E-state index in [9.17, 15) is 19.2 Å². The fourth-order valence-corrected chi connectivity index (χ4v) is 7.29. The van der Waals surface area contributed by atoms with E-state index in [4.69, 9.17) is 27.9 Å². The van der Waals surface area contributed by atoms with Gasteiger partial charge in [-0.3, -0.25) is 19.3 Å². The highest BCUT2D eigenvalue weighted by molar-refractivity contribution is 6.36. The third-order valence-corrected chi connectivity index (χ3v) is 9.01. The van der Waals surface area contributed by atoms with Crippen molar-refractivity contribution >= 4 is 52.6 Å². The molecule has 3 aliphatic carbocycles. The summed E-state index contributed by atoms with van der Waals surface area (Å²) in [6, 6.07) is 20.9. The predicted octanol–water partition coefficient (Wildman–Crippen LogP) is 4.78. The Morgan fingerprint density at radius 3 is 1.67 bits per heavy atom. The molecule has 7 rings (SSSR count). The average Bonchev–Trinajstić information content (AvgIpc) is 3.17. The topological polar surface area (TPSA) is 92.8 Å². The number of likely N-dealkylation sites (tertiary alicyclic amines) is 1. The number of ether oxygens (including phenoxy) is 1. The van der Waals surface area contributed by atoms with E-state index in [1.165, 1.54) is 12.1 Å². The molecule has 0 saturated carbocycles. The first kappa shape index (κ1) is 25.6. The highest BCUT2D eigenvalue weighted by Crippen LogP contribution is 2.69. The molecule has 198 valence electrons. The smallest absolute Gasteiger partial charge is 0.338 e. The molecule has 3 aromatic carbocycles. The van der Waals surface area contributed by atoms with Gasteiger partial charge in [0.2, 0.25) is 17.7 Å². The molecule has 3 aromatic rings. The number of carbonyl (C=O) groups excluding carboxylic acids is 4. The molecule has 3 amide bonds. The molecule has 2 atom stereocenters. The Balaban J connectivity index is 1.29. The fraction of sp³-hybridized carbons (Fsp3) is 0.267. The lowest BCUT2D eigenvalue weighted by Crippen LogP contribution is -2.57. The van der Waals surface area contributed by atoms with Gasteiger partial charge in [-0.15, -0.1) is 23.2 Å². The summed E-state index contributed by atoms with van der Waals surface area (Å²) in [5.74, 6) is -4.03. The molecule has 4 aliphatic rings. The van der Waals surface area contributed by atoms with Crippen LogP contribution in [-0.2, 0) is 28.9 Å². The SMILES string of the molecule is CC(C)OC(=O)c1ccc(NC(=O)CN2C(=O)[C@@H]3[C@@H](C2=O)C2(Cl)c4ccccc4C3(Cl)c3ccccc32)cc1. The van der Waals surface area contributed by atoms with Crippen LogP contribution in [0.5, 0.6) is 0 Å². The molecule has 1 aliphatic heterocycles. The standard InChI is InChI=1S/C30H24Cl2N2O5/c1-16(2)39-28(38)17-11-13-18(14-12-17)33-23(35)15-34-26(36)24-25(27(34)37)30(32)20-8-4-3-7-19(20)29(24,31)21-9-5-6-10-22(21)30/h3-14,16,24-25H,15H2,1-2H3,(H,33,35)/t24-,25-,29?,30?/m0/s1. The molecule has 39 heavy (non-hydrogen) atoms. The van der Waals surface area contributed by atoms with Crippen molar-refractivity contribution in [3.8, 4) is 0 Å². The monoisotopic (exact) mass is 562 g/mol. The van der Waals surface area contributed by atoms with Crippen molar-refractivity contribution < 1.29 is 23.9 Å². The van der Waals surface area contributed by atoms with Gasteiger partial charge in [-0.2, -0.15) is 0 Å². The lowest BCUT2D eigenvalue weighted by Gasteiger charge is -2.54. The quantitative estimate of drug-likeness (QED) is 0.274. The second-order valence-corrected chi connectivity index (χ2v) is 11.5. The van der Waals surface area contributed by atoms with Gasteiger partial charge < -0.3 is 10.1 Å². The molecular formula is C30H24Cl2N2O5. The lowest BCUT2D eigenvalue weighted by atomic mass is 9.54. The van der Waals surface area contributed by atoms with Gasteiger partial charge >= 0.3 is 5.97 Å². The minimum absolute atomic E-state index is 0.258. The van der Waals surface area contributed by atoms with E-state index in [-0.39, 0.29) is 6.10 Å². The molecule has 7 nitrogen and oxygen atoms in total. The highest BCUT2D eigenvalue weighted by Gasteiger charge is 2.73. The van der Waals surface area contributed by atoms with Crippen molar-refractivity contribution in [1.29, 1.82) is 0 Å². The van der Waals surface area contributed by atoms with Crippen LogP contribution in [0.25, 0.3) is 0 Å². The number of imide groups is 1. The van der Waals surface area contributed by atoms with E-state index in [1.54, 1.807) is 26.0 Å². The molecule has 1 heterocycles. The number of nitrogens with zero attached hydrogens (tertiary/aromatic N) is 1. The number of benzene rings is 3. The van der Waals surface area contributed by atoms with Crippen LogP contribution in [0, 0.1) is 11.8 Å². The Kier molecular flexibility index (Phi) is 5.86. The van der Waals surface area contributed by atoms with Crippen LogP contribution < -0.4 is 5.32 Å². The zero-order valence-electron chi connectivity index (χ0n) is 21.1. The van der Waals surface area contributed by atoms with Crippen molar-refractivity contribution in [2.24, 2.45) is 11.8 Å². The van der Waals surface area contributed by atoms with Gasteiger partial charge in [0.05, 0.1) is 23.5 Å². The Hall–Kier alpha value is -3.68. The number of halogens is 2. The third kappa shape index (κ3) is 3.56. The zero-order valence-corrected chi connectivity index (χ0v) is 22.6. The Labute approximate surface area is 235 Å². The summed E-state index contributed by atoms with van der Waals surface area (Å²) >= 11 is 14.8. The van der Waals surface area contributed by atoms with Crippen LogP contribution in [0.3, 0.4) is 0 Å². The first-order chi connectivity index (χ1) is 18.6. The first-order valence-electron chi connectivity index (χ1n) is 12.6. The first-order valence-corrected chi connectivity index (χ1v) is 13.4. The van der Waals surface area contributed by atoms with E-state index < -0.39 is 51.8 Å². The van der Waals surface area contributed by atoms with Crippen molar-refractivity contribution in [2.45, 2.75) is 29.7 Å². The highest BCUT2D eigenvalue weighted by atomic mass is 35.5. The number of alkyl halides is 2. The number of anilines is 1. The van der Waals surface area contributed by atoms with E-state index in [2.05, 4.69) is 5.32 Å². The predicted molar refractivity (Wildman–Crippen MR) is 145 cm³/mol. The number of hydrogen-bond donors (Lipinski definition) is 1. The third-order valence-electron chi connectivity index (χ3n) is 7.73. The number of carbonyl (C=O) groups is 4. The van der Waals surface area contributed by atoms with Gasteiger partial charge in [0, 0.05) is 5.69 Å². The molecule has 9 heteroatoms. The van der Waals surface area contributed by atoms with Crippen LogP contribution in [0.15, 0.2) is 72.8 Å². The average molecular weight is 563 g/mol. The number of nitrogens with one attached hydrogen (secondary N) is 1. The summed E-state index contributed by atoms with van der Waals surface area (Å²) in [6.45, 7) is 3.02. The second-order valence-electron chi connectivity index (χ2n) is 10.3. The van der Waals surface area contributed by atoms with Gasteiger partial charge in [0.25, 0.3) is 0 Å². The summed E-state index contributed by atoms with van der Waals surface area (Å²) in [5.41, 5.74) is 3.54. The van der Waals surface area contributed by atoms with E-state index in [0.29, 0.717) is 33.5 Å². The maximum Gasteiger partial charge on any atom is 0.338 e. The molecular weight excluding hydrogens is 539 g/mol. The Morgan fingerprint density at radius 2 is 1.26 bits per heavy atom.